The smallest absolute Gasteiger partial charge is 0.228 e. The second-order valence-electron chi connectivity index (χ2n) is 10.4. The molecule has 2 N–H and O–H groups in total. The highest BCUT2D eigenvalue weighted by Crippen LogP contribution is 2.70. The van der Waals surface area contributed by atoms with Crippen molar-refractivity contribution < 1.29 is 4.79 Å². The van der Waals surface area contributed by atoms with E-state index in [4.69, 9.17) is 5.73 Å². The van der Waals surface area contributed by atoms with E-state index in [0.29, 0.717) is 23.3 Å². The quantitative estimate of drug-likeness (QED) is 0.851. The average Bonchev–Trinajstić information content (AvgIpc) is 2.77. The minimum atomic E-state index is -0.0389. The van der Waals surface area contributed by atoms with E-state index in [1.54, 1.807) is 0 Å². The Morgan fingerprint density at radius 3 is 2.23 bits per heavy atom. The summed E-state index contributed by atoms with van der Waals surface area (Å²) in [7, 11) is 0. The molecule has 1 aliphatic heterocycles. The Kier molecular flexibility index (Phi) is 2.92. The molecule has 5 rings (SSSR count). The summed E-state index contributed by atoms with van der Waals surface area (Å²) in [6.45, 7) is 9.64. The number of likely N-dealkylation sites (tertiary alicyclic amines) is 1. The van der Waals surface area contributed by atoms with E-state index < -0.39 is 0 Å². The number of nitrogens with zero attached hydrogens (tertiary/aromatic N) is 1. The van der Waals surface area contributed by atoms with Crippen LogP contribution >= 0.6 is 0 Å². The van der Waals surface area contributed by atoms with Crippen molar-refractivity contribution in [3.05, 3.63) is 0 Å². The molecule has 3 unspecified atom stereocenters. The van der Waals surface area contributed by atoms with Crippen LogP contribution in [0.3, 0.4) is 0 Å². The molecule has 1 saturated heterocycles. The van der Waals surface area contributed by atoms with Gasteiger partial charge in [0.15, 0.2) is 0 Å². The zero-order valence-electron chi connectivity index (χ0n) is 14.6. The third kappa shape index (κ3) is 2.07. The van der Waals surface area contributed by atoms with Gasteiger partial charge in [0.2, 0.25) is 5.91 Å². The first-order valence-corrected chi connectivity index (χ1v) is 9.19. The zero-order chi connectivity index (χ0) is 15.8. The first-order chi connectivity index (χ1) is 10.2. The lowest BCUT2D eigenvalue weighted by Gasteiger charge is -2.65. The largest absolute Gasteiger partial charge is 0.342 e. The predicted octanol–water partition coefficient (Wildman–Crippen LogP) is 3.18. The summed E-state index contributed by atoms with van der Waals surface area (Å²) in [5, 5.41) is 0. The molecule has 5 aliphatic rings. The third-order valence-electron chi connectivity index (χ3n) is 7.42. The van der Waals surface area contributed by atoms with Gasteiger partial charge in [0.1, 0.15) is 0 Å². The van der Waals surface area contributed by atoms with Crippen molar-refractivity contribution in [2.45, 2.75) is 65.7 Å². The lowest BCUT2D eigenvalue weighted by Crippen LogP contribution is -2.60. The van der Waals surface area contributed by atoms with Crippen molar-refractivity contribution in [1.29, 1.82) is 0 Å². The normalized spacial score (nSPS) is 53.3. The minimum Gasteiger partial charge on any atom is -0.342 e. The van der Waals surface area contributed by atoms with Crippen LogP contribution in [0.25, 0.3) is 0 Å². The number of carbonyl (C=O) groups is 1. The number of nitrogens with two attached hydrogens (primary N) is 1. The average molecular weight is 304 g/mol. The van der Waals surface area contributed by atoms with Crippen LogP contribution < -0.4 is 5.73 Å². The van der Waals surface area contributed by atoms with Gasteiger partial charge in [-0.1, -0.05) is 20.8 Å². The van der Waals surface area contributed by atoms with E-state index in [-0.39, 0.29) is 10.8 Å². The molecule has 4 saturated carbocycles. The molecule has 3 atom stereocenters. The molecule has 1 amide bonds. The fraction of sp³-hybridized carbons (Fsp3) is 0.947. The molecule has 4 bridgehead atoms. The van der Waals surface area contributed by atoms with Crippen LogP contribution in [0.2, 0.25) is 0 Å². The summed E-state index contributed by atoms with van der Waals surface area (Å²) >= 11 is 0. The van der Waals surface area contributed by atoms with Crippen LogP contribution in [-0.2, 0) is 4.79 Å². The van der Waals surface area contributed by atoms with Gasteiger partial charge in [-0.15, -0.1) is 0 Å². The molecule has 0 aromatic heterocycles. The molecule has 0 aromatic rings. The van der Waals surface area contributed by atoms with E-state index in [9.17, 15) is 4.79 Å². The second-order valence-corrected chi connectivity index (χ2v) is 10.4. The van der Waals surface area contributed by atoms with E-state index in [2.05, 4.69) is 25.7 Å². The lowest BCUT2D eigenvalue weighted by molar-refractivity contribution is -0.178. The number of hydrogen-bond acceptors (Lipinski definition) is 2. The Labute approximate surface area is 135 Å². The summed E-state index contributed by atoms with van der Waals surface area (Å²) in [4.78, 5) is 15.6. The Balaban J connectivity index is 1.61. The molecule has 0 radical (unpaired) electrons. The first-order valence-electron chi connectivity index (χ1n) is 9.19. The van der Waals surface area contributed by atoms with Crippen LogP contribution in [0.15, 0.2) is 0 Å². The van der Waals surface area contributed by atoms with Crippen molar-refractivity contribution in [1.82, 2.24) is 4.90 Å². The van der Waals surface area contributed by atoms with E-state index in [1.807, 2.05) is 0 Å². The second kappa shape index (κ2) is 4.28. The summed E-state index contributed by atoms with van der Waals surface area (Å²) in [6.07, 6.45) is 8.57. The maximum Gasteiger partial charge on any atom is 0.228 e. The molecular formula is C19H32N2O. The monoisotopic (exact) mass is 304 g/mol. The Bertz CT molecular complexity index is 498. The first kappa shape index (κ1) is 15.0. The summed E-state index contributed by atoms with van der Waals surface area (Å²) < 4.78 is 0. The molecule has 3 heteroatoms. The molecule has 0 spiro atoms. The number of hydrogen-bond donors (Lipinski definition) is 1. The maximum atomic E-state index is 13.5. The number of amides is 1. The topological polar surface area (TPSA) is 46.3 Å². The van der Waals surface area contributed by atoms with Crippen LogP contribution in [0, 0.1) is 27.6 Å². The van der Waals surface area contributed by atoms with Gasteiger partial charge in [-0.2, -0.15) is 0 Å². The molecule has 124 valence electrons. The van der Waals surface area contributed by atoms with Gasteiger partial charge < -0.3 is 10.6 Å². The highest BCUT2D eigenvalue weighted by atomic mass is 16.2. The van der Waals surface area contributed by atoms with Crippen LogP contribution in [-0.4, -0.2) is 30.4 Å². The van der Waals surface area contributed by atoms with Crippen LogP contribution in [0.4, 0.5) is 0 Å². The third-order valence-corrected chi connectivity index (χ3v) is 7.42. The highest BCUT2D eigenvalue weighted by molar-refractivity contribution is 5.84. The molecular weight excluding hydrogens is 272 g/mol. The van der Waals surface area contributed by atoms with Crippen molar-refractivity contribution >= 4 is 5.91 Å². The van der Waals surface area contributed by atoms with Gasteiger partial charge in [0.25, 0.3) is 0 Å². The van der Waals surface area contributed by atoms with Crippen molar-refractivity contribution in [3.8, 4) is 0 Å². The van der Waals surface area contributed by atoms with E-state index in [1.165, 1.54) is 19.3 Å². The van der Waals surface area contributed by atoms with Gasteiger partial charge in [-0.3, -0.25) is 4.79 Å². The standard InChI is InChI=1S/C19H32N2O/c1-16(12-20)4-5-21(13-16)15(22)19-8-14-6-17(2,10-19)9-18(3,7-14)11-19/h14H,4-13,20H2,1-3H3. The van der Waals surface area contributed by atoms with Gasteiger partial charge in [0.05, 0.1) is 5.41 Å². The predicted molar refractivity (Wildman–Crippen MR) is 88.2 cm³/mol. The molecule has 0 aromatic carbocycles. The van der Waals surface area contributed by atoms with Gasteiger partial charge in [-0.25, -0.2) is 0 Å². The van der Waals surface area contributed by atoms with Crippen molar-refractivity contribution in [2.24, 2.45) is 33.3 Å². The molecule has 5 fully saturated rings. The van der Waals surface area contributed by atoms with Crippen molar-refractivity contribution in [2.75, 3.05) is 19.6 Å². The number of rotatable bonds is 2. The summed E-state index contributed by atoms with van der Waals surface area (Å²) in [6, 6.07) is 0. The molecule has 3 nitrogen and oxygen atoms in total. The fourth-order valence-corrected chi connectivity index (χ4v) is 7.39. The van der Waals surface area contributed by atoms with Gasteiger partial charge >= 0.3 is 0 Å². The maximum absolute atomic E-state index is 13.5. The molecule has 22 heavy (non-hydrogen) atoms. The summed E-state index contributed by atoms with van der Waals surface area (Å²) in [5.74, 6) is 1.27. The van der Waals surface area contributed by atoms with E-state index in [0.717, 1.165) is 44.7 Å². The Morgan fingerprint density at radius 2 is 1.73 bits per heavy atom. The SMILES string of the molecule is CC1(CN)CCN(C(=O)C23CC4CC(C)(CC(C)(C4)C2)C3)C1. The minimum absolute atomic E-state index is 0.0389. The summed E-state index contributed by atoms with van der Waals surface area (Å²) in [5.41, 5.74) is 6.88. The Hall–Kier alpha value is -0.570. The van der Waals surface area contributed by atoms with Gasteiger partial charge in [0, 0.05) is 13.1 Å². The van der Waals surface area contributed by atoms with Crippen LogP contribution in [0.5, 0.6) is 0 Å². The van der Waals surface area contributed by atoms with Gasteiger partial charge in [-0.05, 0) is 73.7 Å². The number of carbonyl (C=O) groups excluding carboxylic acids is 1. The highest BCUT2D eigenvalue weighted by Gasteiger charge is 2.63. The fourth-order valence-electron chi connectivity index (χ4n) is 7.39. The van der Waals surface area contributed by atoms with E-state index >= 15 is 0 Å². The van der Waals surface area contributed by atoms with Crippen molar-refractivity contribution in [3.63, 3.8) is 0 Å². The van der Waals surface area contributed by atoms with Crippen LogP contribution in [0.1, 0.15) is 65.7 Å². The molecule has 4 aliphatic carbocycles. The molecule has 1 heterocycles. The Morgan fingerprint density at radius 1 is 1.09 bits per heavy atom. The lowest BCUT2D eigenvalue weighted by atomic mass is 9.40. The zero-order valence-corrected chi connectivity index (χ0v) is 14.6.